The molecule has 1 fully saturated rings. The van der Waals surface area contributed by atoms with E-state index in [-0.39, 0.29) is 29.8 Å². The first-order chi connectivity index (χ1) is 14.8. The van der Waals surface area contributed by atoms with Crippen LogP contribution in [0.25, 0.3) is 0 Å². The lowest BCUT2D eigenvalue weighted by Gasteiger charge is -2.14. The number of hydrogen-bond donors (Lipinski definition) is 4. The van der Waals surface area contributed by atoms with Gasteiger partial charge < -0.3 is 25.4 Å². The van der Waals surface area contributed by atoms with Crippen molar-refractivity contribution in [1.29, 1.82) is 0 Å². The number of H-pyrrole nitrogens is 1. The summed E-state index contributed by atoms with van der Waals surface area (Å²) < 4.78 is 13.3. The molecule has 2 aromatic heterocycles. The molecule has 0 saturated carbocycles. The van der Waals surface area contributed by atoms with Crippen LogP contribution in [0.1, 0.15) is 17.2 Å². The molecule has 31 heavy (non-hydrogen) atoms. The number of ether oxygens (including phenoxy) is 2. The van der Waals surface area contributed by atoms with Gasteiger partial charge in [0.15, 0.2) is 6.23 Å². The van der Waals surface area contributed by atoms with Crippen molar-refractivity contribution in [3.8, 4) is 0 Å². The summed E-state index contributed by atoms with van der Waals surface area (Å²) in [5.41, 5.74) is 4.23. The number of nitrogens with zero attached hydrogens (tertiary/aromatic N) is 3. The highest BCUT2D eigenvalue weighted by atomic mass is 32.2. The summed E-state index contributed by atoms with van der Waals surface area (Å²) in [5, 5.41) is 17.6. The van der Waals surface area contributed by atoms with E-state index < -0.39 is 29.3 Å². The average molecular weight is 453 g/mol. The van der Waals surface area contributed by atoms with Crippen LogP contribution in [0.4, 0.5) is 5.82 Å². The van der Waals surface area contributed by atoms with Gasteiger partial charge in [0, 0.05) is 18.0 Å². The average Bonchev–Trinajstić information content (AvgIpc) is 3.40. The fourth-order valence-electron chi connectivity index (χ4n) is 2.86. The summed E-state index contributed by atoms with van der Waals surface area (Å²) in [4.78, 5) is 39.9. The molecule has 1 saturated heterocycles. The van der Waals surface area contributed by atoms with Crippen molar-refractivity contribution in [3.63, 3.8) is 0 Å². The molecule has 2 aliphatic heterocycles. The van der Waals surface area contributed by atoms with Gasteiger partial charge in [-0.1, -0.05) is 6.08 Å². The Balaban J connectivity index is 0.000000176. The normalized spacial score (nSPS) is 24.7. The van der Waals surface area contributed by atoms with Crippen LogP contribution in [0, 0.1) is 6.92 Å². The lowest BCUT2D eigenvalue weighted by molar-refractivity contribution is -0.0104. The smallest absolute Gasteiger partial charge is 0.350 e. The molecule has 4 heterocycles. The van der Waals surface area contributed by atoms with E-state index in [1.54, 1.807) is 31.3 Å². The molecule has 0 radical (unpaired) electrons. The number of rotatable bonds is 4. The zero-order chi connectivity index (χ0) is 22.5. The Morgan fingerprint density at radius 2 is 2.03 bits per heavy atom. The van der Waals surface area contributed by atoms with Crippen LogP contribution in [0.3, 0.4) is 0 Å². The van der Waals surface area contributed by atoms with Gasteiger partial charge in [-0.2, -0.15) is 4.98 Å². The molecule has 0 bridgehead atoms. The van der Waals surface area contributed by atoms with Crippen LogP contribution in [-0.2, 0) is 9.47 Å². The molecule has 4 rings (SSSR count). The summed E-state index contributed by atoms with van der Waals surface area (Å²) in [6.07, 6.45) is 5.41. The van der Waals surface area contributed by atoms with E-state index in [1.807, 2.05) is 0 Å². The van der Waals surface area contributed by atoms with Crippen molar-refractivity contribution in [1.82, 2.24) is 19.1 Å². The lowest BCUT2D eigenvalue weighted by atomic mass is 10.3. The minimum Gasteiger partial charge on any atom is -0.393 e. The van der Waals surface area contributed by atoms with Crippen LogP contribution in [0.15, 0.2) is 45.0 Å². The molecule has 13 heteroatoms. The van der Waals surface area contributed by atoms with E-state index in [4.69, 9.17) is 25.4 Å². The molecule has 0 spiro atoms. The summed E-state index contributed by atoms with van der Waals surface area (Å²) in [7, 11) is 0. The molecular formula is C18H23N5O7S. The minimum atomic E-state index is -0.569. The number of thioether (sulfide) groups is 1. The third-order valence-electron chi connectivity index (χ3n) is 4.45. The van der Waals surface area contributed by atoms with E-state index in [1.165, 1.54) is 27.1 Å². The molecule has 2 aromatic rings. The fraction of sp³-hybridized carbons (Fsp3) is 0.444. The van der Waals surface area contributed by atoms with E-state index in [0.717, 1.165) is 0 Å². The van der Waals surface area contributed by atoms with Gasteiger partial charge >= 0.3 is 11.4 Å². The Morgan fingerprint density at radius 3 is 2.65 bits per heavy atom. The topological polar surface area (TPSA) is 175 Å². The monoisotopic (exact) mass is 453 g/mol. The Morgan fingerprint density at radius 1 is 1.26 bits per heavy atom. The van der Waals surface area contributed by atoms with Crippen molar-refractivity contribution in [2.45, 2.75) is 30.1 Å². The number of aromatic nitrogens is 4. The molecule has 0 aromatic carbocycles. The second-order valence-electron chi connectivity index (χ2n) is 6.69. The maximum absolute atomic E-state index is 11.5. The summed E-state index contributed by atoms with van der Waals surface area (Å²) in [5.74, 6) is 0.207. The first-order valence-electron chi connectivity index (χ1n) is 9.31. The predicted molar refractivity (Wildman–Crippen MR) is 113 cm³/mol. The second-order valence-corrected chi connectivity index (χ2v) is 8.03. The zero-order valence-corrected chi connectivity index (χ0v) is 17.4. The van der Waals surface area contributed by atoms with E-state index in [0.29, 0.717) is 12.2 Å². The summed E-state index contributed by atoms with van der Waals surface area (Å²) in [6, 6.07) is 1.56. The van der Waals surface area contributed by atoms with Crippen LogP contribution in [0.5, 0.6) is 0 Å². The van der Waals surface area contributed by atoms with Gasteiger partial charge in [-0.25, -0.2) is 9.59 Å². The van der Waals surface area contributed by atoms with Gasteiger partial charge in [0.1, 0.15) is 22.7 Å². The molecule has 4 atom stereocenters. The quantitative estimate of drug-likeness (QED) is 0.407. The van der Waals surface area contributed by atoms with E-state index in [2.05, 4.69) is 9.97 Å². The molecular weight excluding hydrogens is 430 g/mol. The van der Waals surface area contributed by atoms with Gasteiger partial charge in [-0.05, 0) is 19.1 Å². The Labute approximate surface area is 180 Å². The van der Waals surface area contributed by atoms with Crippen molar-refractivity contribution >= 4 is 17.6 Å². The molecule has 0 aliphatic carbocycles. The van der Waals surface area contributed by atoms with E-state index >= 15 is 0 Å². The Bertz CT molecular complexity index is 1110. The largest absolute Gasteiger partial charge is 0.393 e. The van der Waals surface area contributed by atoms with Crippen LogP contribution >= 0.6 is 11.8 Å². The van der Waals surface area contributed by atoms with Gasteiger partial charge in [-0.15, -0.1) is 11.8 Å². The molecule has 5 N–H and O–H groups in total. The highest BCUT2D eigenvalue weighted by Gasteiger charge is 2.27. The number of aliphatic hydroxyl groups excluding tert-OH is 2. The SMILES string of the molecule is Cc1cn([C@H]2C=C[C@@H](CO)O2)c(=O)[nH]c1=O.Nc1ccn([C@H]2CO[C@@H](CO)S2)c(=O)n1. The maximum atomic E-state index is 11.5. The molecule has 0 unspecified atom stereocenters. The lowest BCUT2D eigenvalue weighted by Crippen LogP contribution is -2.33. The number of anilines is 1. The summed E-state index contributed by atoms with van der Waals surface area (Å²) in [6.45, 7) is 1.81. The third kappa shape index (κ3) is 5.51. The van der Waals surface area contributed by atoms with Crippen LogP contribution in [0.2, 0.25) is 0 Å². The van der Waals surface area contributed by atoms with Crippen molar-refractivity contribution in [3.05, 3.63) is 67.5 Å². The van der Waals surface area contributed by atoms with Crippen molar-refractivity contribution in [2.75, 3.05) is 25.6 Å². The first kappa shape index (κ1) is 23.0. The Hall–Kier alpha value is -2.71. The van der Waals surface area contributed by atoms with Gasteiger partial charge in [0.05, 0.1) is 19.8 Å². The highest BCUT2D eigenvalue weighted by Crippen LogP contribution is 2.34. The number of nitrogen functional groups attached to an aromatic ring is 1. The van der Waals surface area contributed by atoms with Gasteiger partial charge in [0.2, 0.25) is 0 Å². The number of aryl methyl sites for hydroxylation is 1. The number of hydrogen-bond acceptors (Lipinski definition) is 10. The Kier molecular flexibility index (Phi) is 7.46. The third-order valence-corrected chi connectivity index (χ3v) is 5.72. The van der Waals surface area contributed by atoms with Crippen LogP contribution in [-0.4, -0.2) is 60.7 Å². The predicted octanol–water partition coefficient (Wildman–Crippen LogP) is -1.30. The zero-order valence-electron chi connectivity index (χ0n) is 16.6. The molecule has 168 valence electrons. The van der Waals surface area contributed by atoms with Crippen LogP contribution < -0.4 is 22.7 Å². The number of nitrogens with one attached hydrogen (secondary N) is 1. The van der Waals surface area contributed by atoms with Crippen molar-refractivity contribution in [2.24, 2.45) is 0 Å². The molecule has 12 nitrogen and oxygen atoms in total. The minimum absolute atomic E-state index is 0.0572. The van der Waals surface area contributed by atoms with Crippen molar-refractivity contribution < 1.29 is 19.7 Å². The number of aliphatic hydroxyl groups is 2. The molecule has 0 amide bonds. The van der Waals surface area contributed by atoms with Gasteiger partial charge in [0.25, 0.3) is 5.56 Å². The standard InChI is InChI=1S/C10H12N2O4.C8H11N3O3S/c1-6-4-12(10(15)11-9(6)14)8-3-2-7(5-13)16-8;9-5-1-2-11(8(13)10-5)6-4-14-7(3-12)15-6/h2-4,7-8,13H,5H2,1H3,(H,11,14,15);1-2,6-7,12H,3-4H2,(H2,9,10,13)/t7-,8+;6-,7-/m01/s1. The summed E-state index contributed by atoms with van der Waals surface area (Å²) >= 11 is 1.39. The highest BCUT2D eigenvalue weighted by molar-refractivity contribution is 8.00. The maximum Gasteiger partial charge on any atom is 0.350 e. The second kappa shape index (κ2) is 10.1. The molecule has 2 aliphatic rings. The first-order valence-corrected chi connectivity index (χ1v) is 10.3. The number of nitrogens with two attached hydrogens (primary N) is 1. The van der Waals surface area contributed by atoms with E-state index in [9.17, 15) is 14.4 Å². The number of aromatic amines is 1. The van der Waals surface area contributed by atoms with Gasteiger partial charge in [-0.3, -0.25) is 18.9 Å². The fourth-order valence-corrected chi connectivity index (χ4v) is 3.90.